The highest BCUT2D eigenvalue weighted by Gasteiger charge is 2.27. The molecular formula is C32H68Al-. The fraction of sp³-hybridized carbons (Fsp3) is 1.00. The van der Waals surface area contributed by atoms with Crippen molar-refractivity contribution in [3.63, 3.8) is 0 Å². The van der Waals surface area contributed by atoms with Crippen LogP contribution in [0, 0.1) is 0 Å². The van der Waals surface area contributed by atoms with E-state index in [1.54, 1.807) is 46.8 Å². The first-order chi connectivity index (χ1) is 16.2. The Kier molecular flexibility index (Phi) is 27.6. The third kappa shape index (κ3) is 22.7. The Morgan fingerprint density at radius 2 is 0.424 bits per heavy atom. The first-order valence-corrected chi connectivity index (χ1v) is 19.7. The minimum atomic E-state index is -1.42. The van der Waals surface area contributed by atoms with Gasteiger partial charge in [-0.15, -0.1) is 0 Å². The molecule has 0 fully saturated rings. The molecule has 0 spiro atoms. The first-order valence-electron chi connectivity index (χ1n) is 16.5. The van der Waals surface area contributed by atoms with Crippen LogP contribution in [-0.2, 0) is 0 Å². The van der Waals surface area contributed by atoms with Crippen molar-refractivity contribution in [2.45, 2.75) is 203 Å². The van der Waals surface area contributed by atoms with E-state index >= 15 is 0 Å². The Hall–Kier alpha value is 0.532. The Labute approximate surface area is 215 Å². The van der Waals surface area contributed by atoms with Crippen LogP contribution in [0.15, 0.2) is 0 Å². The summed E-state index contributed by atoms with van der Waals surface area (Å²) in [4.78, 5) is 0. The van der Waals surface area contributed by atoms with Gasteiger partial charge in [0.2, 0.25) is 0 Å². The molecule has 0 heterocycles. The standard InChI is InChI=1S/4C8H17.Al/c4*1-3-5-7-8-6-4-2;/h4*1,3-8H2,2H3;/q;;;;-1. The lowest BCUT2D eigenvalue weighted by molar-refractivity contribution is 0.597. The van der Waals surface area contributed by atoms with Crippen molar-refractivity contribution >= 4 is 13.1 Å². The molecule has 0 bridgehead atoms. The van der Waals surface area contributed by atoms with Gasteiger partial charge in [-0.25, -0.2) is 0 Å². The van der Waals surface area contributed by atoms with E-state index in [2.05, 4.69) is 27.7 Å². The molecule has 1 heteroatoms. The normalized spacial score (nSPS) is 12.0. The maximum Gasteiger partial charge on any atom is 0.134 e. The van der Waals surface area contributed by atoms with E-state index in [4.69, 9.17) is 0 Å². The Morgan fingerprint density at radius 1 is 0.242 bits per heavy atom. The van der Waals surface area contributed by atoms with Crippen LogP contribution < -0.4 is 0 Å². The summed E-state index contributed by atoms with van der Waals surface area (Å²) in [6.45, 7) is 9.39. The topological polar surface area (TPSA) is 0 Å². The van der Waals surface area contributed by atoms with E-state index in [-0.39, 0.29) is 0 Å². The number of unbranched alkanes of at least 4 members (excludes halogenated alkanes) is 20. The third-order valence-corrected chi connectivity index (χ3v) is 15.2. The van der Waals surface area contributed by atoms with Gasteiger partial charge in [-0.3, -0.25) is 0 Å². The second-order valence-corrected chi connectivity index (χ2v) is 17.7. The molecule has 0 amide bonds. The van der Waals surface area contributed by atoms with Crippen LogP contribution in [0.2, 0.25) is 21.1 Å². The molecule has 0 aliphatic heterocycles. The molecule has 0 nitrogen and oxygen atoms in total. The van der Waals surface area contributed by atoms with Crippen LogP contribution in [0.1, 0.15) is 182 Å². The molecule has 0 saturated carbocycles. The zero-order chi connectivity index (χ0) is 24.3. The second kappa shape index (κ2) is 27.1. The molecule has 0 aromatic carbocycles. The van der Waals surface area contributed by atoms with Crippen molar-refractivity contribution < 1.29 is 0 Å². The summed E-state index contributed by atoms with van der Waals surface area (Å²) in [5.41, 5.74) is 0. The fourth-order valence-corrected chi connectivity index (χ4v) is 12.6. The van der Waals surface area contributed by atoms with Gasteiger partial charge in [0.15, 0.2) is 0 Å². The highest BCUT2D eigenvalue weighted by molar-refractivity contribution is 6.79. The molecular weight excluding hydrogens is 411 g/mol. The lowest BCUT2D eigenvalue weighted by Crippen LogP contribution is -2.34. The van der Waals surface area contributed by atoms with E-state index in [0.29, 0.717) is 0 Å². The van der Waals surface area contributed by atoms with Crippen LogP contribution in [0.3, 0.4) is 0 Å². The summed E-state index contributed by atoms with van der Waals surface area (Å²) < 4.78 is 0. The highest BCUT2D eigenvalue weighted by atomic mass is 27.2. The third-order valence-electron chi connectivity index (χ3n) is 8.68. The molecule has 0 saturated heterocycles. The van der Waals surface area contributed by atoms with Crippen LogP contribution in [-0.4, -0.2) is 13.1 Å². The molecule has 0 aliphatic rings. The summed E-state index contributed by atoms with van der Waals surface area (Å²) in [5, 5.41) is 6.83. The van der Waals surface area contributed by atoms with Gasteiger partial charge in [-0.1, -0.05) is 182 Å². The Morgan fingerprint density at radius 3 is 0.636 bits per heavy atom. The van der Waals surface area contributed by atoms with Crippen molar-refractivity contribution in [3.8, 4) is 0 Å². The van der Waals surface area contributed by atoms with Gasteiger partial charge < -0.3 is 0 Å². The first kappa shape index (κ1) is 33.5. The van der Waals surface area contributed by atoms with Gasteiger partial charge in [0.1, 0.15) is 13.1 Å². The summed E-state index contributed by atoms with van der Waals surface area (Å²) in [6, 6.07) is 0. The Bertz CT molecular complexity index is 281. The monoisotopic (exact) mass is 480 g/mol. The molecule has 0 rings (SSSR count). The average molecular weight is 480 g/mol. The highest BCUT2D eigenvalue weighted by Crippen LogP contribution is 2.35. The maximum absolute atomic E-state index is 2.35. The quantitative estimate of drug-likeness (QED) is 0.0772. The number of hydrogen-bond acceptors (Lipinski definition) is 0. The predicted molar refractivity (Wildman–Crippen MR) is 158 cm³/mol. The van der Waals surface area contributed by atoms with Gasteiger partial charge in [0, 0.05) is 0 Å². The van der Waals surface area contributed by atoms with E-state index in [1.807, 2.05) is 0 Å². The molecule has 33 heavy (non-hydrogen) atoms. The van der Waals surface area contributed by atoms with E-state index in [0.717, 1.165) is 0 Å². The summed E-state index contributed by atoms with van der Waals surface area (Å²) in [7, 11) is 0. The second-order valence-electron chi connectivity index (χ2n) is 12.0. The summed E-state index contributed by atoms with van der Waals surface area (Å²) in [5.74, 6) is 0. The number of hydrogen-bond donors (Lipinski definition) is 0. The van der Waals surface area contributed by atoms with Crippen LogP contribution in [0.25, 0.3) is 0 Å². The molecule has 0 N–H and O–H groups in total. The zero-order valence-corrected chi connectivity index (χ0v) is 25.5. The lowest BCUT2D eigenvalue weighted by Gasteiger charge is -2.37. The smallest absolute Gasteiger partial charge is 0.134 e. The van der Waals surface area contributed by atoms with E-state index in [1.165, 1.54) is 128 Å². The molecule has 0 aromatic heterocycles. The molecule has 0 radical (unpaired) electrons. The zero-order valence-electron chi connectivity index (χ0n) is 24.4. The van der Waals surface area contributed by atoms with Crippen LogP contribution >= 0.6 is 0 Å². The van der Waals surface area contributed by atoms with E-state index in [9.17, 15) is 0 Å². The molecule has 0 aliphatic carbocycles. The largest absolute Gasteiger partial charge is 0.191 e. The van der Waals surface area contributed by atoms with Crippen molar-refractivity contribution in [2.24, 2.45) is 0 Å². The maximum atomic E-state index is 2.35. The van der Waals surface area contributed by atoms with Crippen molar-refractivity contribution in [3.05, 3.63) is 0 Å². The molecule has 0 atom stereocenters. The van der Waals surface area contributed by atoms with Gasteiger partial charge in [0.25, 0.3) is 0 Å². The SMILES string of the molecule is CCCCCCC[CH2][Al-]([CH2]CCCCCCC)([CH2]CCCCCCC)[CH2]CCCCCCC. The van der Waals surface area contributed by atoms with Gasteiger partial charge in [-0.2, -0.15) is 21.1 Å². The fourth-order valence-electron chi connectivity index (χ4n) is 6.30. The van der Waals surface area contributed by atoms with E-state index < -0.39 is 13.1 Å². The van der Waals surface area contributed by atoms with Gasteiger partial charge >= 0.3 is 0 Å². The van der Waals surface area contributed by atoms with Crippen LogP contribution in [0.5, 0.6) is 0 Å². The minimum absolute atomic E-state index is 1.38. The lowest BCUT2D eigenvalue weighted by atomic mass is 10.1. The number of rotatable bonds is 28. The Balaban J connectivity index is 4.74. The van der Waals surface area contributed by atoms with Gasteiger partial charge in [0.05, 0.1) is 0 Å². The molecule has 200 valence electrons. The minimum Gasteiger partial charge on any atom is -0.191 e. The average Bonchev–Trinajstić information content (AvgIpc) is 2.83. The van der Waals surface area contributed by atoms with Crippen molar-refractivity contribution in [1.29, 1.82) is 0 Å². The molecule has 0 aromatic rings. The predicted octanol–water partition coefficient (Wildman–Crippen LogP) is 12.9. The van der Waals surface area contributed by atoms with Crippen molar-refractivity contribution in [2.75, 3.05) is 0 Å². The van der Waals surface area contributed by atoms with Crippen LogP contribution in [0.4, 0.5) is 0 Å². The van der Waals surface area contributed by atoms with Gasteiger partial charge in [-0.05, 0) is 0 Å². The molecule has 0 unspecified atom stereocenters. The van der Waals surface area contributed by atoms with Crippen molar-refractivity contribution in [1.82, 2.24) is 0 Å². The summed E-state index contributed by atoms with van der Waals surface area (Å²) in [6.07, 6.45) is 35.8. The summed E-state index contributed by atoms with van der Waals surface area (Å²) >= 11 is -1.42.